The van der Waals surface area contributed by atoms with Crippen LogP contribution in [0.3, 0.4) is 0 Å². The van der Waals surface area contributed by atoms with Gasteiger partial charge in [-0.15, -0.1) is 0 Å². The lowest BCUT2D eigenvalue weighted by atomic mass is 10.1. The minimum absolute atomic E-state index is 0.466. The minimum Gasteiger partial charge on any atom is -0.423 e. The summed E-state index contributed by atoms with van der Waals surface area (Å²) >= 11 is 0. The zero-order valence-corrected chi connectivity index (χ0v) is 19.7. The third kappa shape index (κ3) is 5.26. The van der Waals surface area contributed by atoms with Crippen LogP contribution in [0.2, 0.25) is 0 Å². The number of hydrogen-bond acceptors (Lipinski definition) is 3. The van der Waals surface area contributed by atoms with E-state index < -0.39 is 5.97 Å². The van der Waals surface area contributed by atoms with Crippen LogP contribution in [0.5, 0.6) is 5.75 Å². The Morgan fingerprint density at radius 3 is 2.00 bits per heavy atom. The van der Waals surface area contributed by atoms with Crippen molar-refractivity contribution < 1.29 is 9.53 Å². The van der Waals surface area contributed by atoms with Crippen molar-refractivity contribution in [3.05, 3.63) is 150 Å². The summed E-state index contributed by atoms with van der Waals surface area (Å²) in [4.78, 5) is 13.5. The van der Waals surface area contributed by atoms with Gasteiger partial charge in [-0.2, -0.15) is 0 Å². The van der Waals surface area contributed by atoms with E-state index in [2.05, 4.69) is 109 Å². The highest BCUT2D eigenvalue weighted by Crippen LogP contribution is 2.33. The predicted octanol–water partition coefficient (Wildman–Crippen LogP) is 8.15. The Kier molecular flexibility index (Phi) is 6.72. The highest BCUT2D eigenvalue weighted by atomic mass is 16.5. The summed E-state index contributed by atoms with van der Waals surface area (Å²) < 4.78 is 5.13. The number of fused-ring (bicyclic) bond motifs is 1. The molecule has 0 radical (unpaired) electrons. The average Bonchev–Trinajstić information content (AvgIpc) is 3.35. The molecule has 0 aromatic heterocycles. The van der Waals surface area contributed by atoms with Crippen LogP contribution in [-0.4, -0.2) is 5.97 Å². The fourth-order valence-corrected chi connectivity index (χ4v) is 4.06. The first kappa shape index (κ1) is 22.9. The lowest BCUT2D eigenvalue weighted by molar-refractivity contribution is -0.128. The number of benzene rings is 4. The van der Waals surface area contributed by atoms with Crippen LogP contribution >= 0.6 is 0 Å². The Morgan fingerprint density at radius 2 is 1.31 bits per heavy atom. The molecule has 0 unspecified atom stereocenters. The molecule has 5 rings (SSSR count). The second kappa shape index (κ2) is 10.6. The molecule has 0 N–H and O–H groups in total. The Bertz CT molecular complexity index is 1460. The Balaban J connectivity index is 1.37. The molecule has 4 aromatic rings. The molecule has 3 nitrogen and oxygen atoms in total. The van der Waals surface area contributed by atoms with Gasteiger partial charge in [0.1, 0.15) is 5.75 Å². The summed E-state index contributed by atoms with van der Waals surface area (Å²) in [5.41, 5.74) is 7.95. The molecule has 1 aliphatic carbocycles. The third-order valence-electron chi connectivity index (χ3n) is 5.92. The first-order chi connectivity index (χ1) is 17.7. The van der Waals surface area contributed by atoms with E-state index in [4.69, 9.17) is 4.74 Å². The number of anilines is 2. The van der Waals surface area contributed by atoms with Crippen molar-refractivity contribution in [1.29, 1.82) is 0 Å². The van der Waals surface area contributed by atoms with E-state index in [1.54, 1.807) is 12.1 Å². The fourth-order valence-electron chi connectivity index (χ4n) is 4.06. The van der Waals surface area contributed by atoms with Crippen LogP contribution in [0, 0.1) is 0 Å². The normalized spacial score (nSPS) is 13.1. The maximum atomic E-state index is 11.3. The van der Waals surface area contributed by atoms with Gasteiger partial charge in [-0.3, -0.25) is 0 Å². The van der Waals surface area contributed by atoms with E-state index >= 15 is 0 Å². The van der Waals surface area contributed by atoms with E-state index in [0.717, 1.165) is 28.6 Å². The summed E-state index contributed by atoms with van der Waals surface area (Å²) in [6.07, 6.45) is 11.8. The SMILES string of the molecule is C=CC(=O)Oc1ccc(C=Cc2ccc(N(/C=C3/C=Cc4ccccc43)c3ccccc3)cc2)cc1. The van der Waals surface area contributed by atoms with Gasteiger partial charge in [-0.05, 0) is 64.2 Å². The van der Waals surface area contributed by atoms with E-state index in [-0.39, 0.29) is 0 Å². The Morgan fingerprint density at radius 1 is 0.694 bits per heavy atom. The summed E-state index contributed by atoms with van der Waals surface area (Å²) in [6, 6.07) is 34.7. The molecule has 0 fully saturated rings. The van der Waals surface area contributed by atoms with Gasteiger partial charge in [-0.25, -0.2) is 4.79 Å². The number of allylic oxidation sites excluding steroid dienone is 2. The summed E-state index contributed by atoms with van der Waals surface area (Å²) in [5.74, 6) is 0.0305. The molecule has 0 heterocycles. The molecule has 36 heavy (non-hydrogen) atoms. The van der Waals surface area contributed by atoms with Crippen LogP contribution < -0.4 is 9.64 Å². The number of nitrogens with zero attached hydrogens (tertiary/aromatic N) is 1. The zero-order valence-electron chi connectivity index (χ0n) is 19.7. The lowest BCUT2D eigenvalue weighted by Crippen LogP contribution is -2.09. The smallest absolute Gasteiger partial charge is 0.335 e. The van der Waals surface area contributed by atoms with Crippen LogP contribution in [0.25, 0.3) is 23.8 Å². The van der Waals surface area contributed by atoms with Gasteiger partial charge in [0.15, 0.2) is 0 Å². The topological polar surface area (TPSA) is 29.5 Å². The number of ether oxygens (including phenoxy) is 1. The number of carbonyl (C=O) groups excluding carboxylic acids is 1. The number of rotatable bonds is 7. The van der Waals surface area contributed by atoms with Crippen LogP contribution in [0.4, 0.5) is 11.4 Å². The average molecular weight is 468 g/mol. The molecule has 0 saturated carbocycles. The van der Waals surface area contributed by atoms with Gasteiger partial charge in [0.25, 0.3) is 0 Å². The quantitative estimate of drug-likeness (QED) is 0.119. The number of para-hydroxylation sites is 1. The van der Waals surface area contributed by atoms with Crippen molar-refractivity contribution in [1.82, 2.24) is 0 Å². The largest absolute Gasteiger partial charge is 0.423 e. The van der Waals surface area contributed by atoms with Gasteiger partial charge < -0.3 is 9.64 Å². The fraction of sp³-hybridized carbons (Fsp3) is 0. The highest BCUT2D eigenvalue weighted by molar-refractivity contribution is 5.91. The molecule has 0 saturated heterocycles. The van der Waals surface area contributed by atoms with Crippen LogP contribution in [-0.2, 0) is 4.79 Å². The first-order valence-corrected chi connectivity index (χ1v) is 11.8. The molecule has 0 spiro atoms. The molecule has 0 atom stereocenters. The molecule has 0 bridgehead atoms. The molecule has 4 aromatic carbocycles. The van der Waals surface area contributed by atoms with Gasteiger partial charge >= 0.3 is 5.97 Å². The minimum atomic E-state index is -0.466. The number of hydrogen-bond donors (Lipinski definition) is 0. The van der Waals surface area contributed by atoms with Crippen molar-refractivity contribution in [3.8, 4) is 5.75 Å². The molecule has 0 amide bonds. The van der Waals surface area contributed by atoms with Crippen molar-refractivity contribution in [2.24, 2.45) is 0 Å². The molecular weight excluding hydrogens is 442 g/mol. The molecular formula is C33H25NO2. The highest BCUT2D eigenvalue weighted by Gasteiger charge is 2.13. The summed E-state index contributed by atoms with van der Waals surface area (Å²) in [6.45, 7) is 3.41. The Labute approximate surface area is 211 Å². The van der Waals surface area contributed by atoms with Crippen LogP contribution in [0.15, 0.2) is 128 Å². The predicted molar refractivity (Wildman–Crippen MR) is 150 cm³/mol. The van der Waals surface area contributed by atoms with Crippen molar-refractivity contribution in [3.63, 3.8) is 0 Å². The monoisotopic (exact) mass is 467 g/mol. The molecule has 0 aliphatic heterocycles. The summed E-state index contributed by atoms with van der Waals surface area (Å²) in [7, 11) is 0. The second-order valence-electron chi connectivity index (χ2n) is 8.33. The van der Waals surface area contributed by atoms with Gasteiger partial charge in [0.05, 0.1) is 0 Å². The van der Waals surface area contributed by atoms with E-state index in [0.29, 0.717) is 5.75 Å². The maximum Gasteiger partial charge on any atom is 0.335 e. The zero-order chi connectivity index (χ0) is 24.7. The van der Waals surface area contributed by atoms with E-state index in [9.17, 15) is 4.79 Å². The van der Waals surface area contributed by atoms with Gasteiger partial charge in [0, 0.05) is 23.7 Å². The van der Waals surface area contributed by atoms with Gasteiger partial charge in [-0.1, -0.05) is 97.6 Å². The lowest BCUT2D eigenvalue weighted by Gasteiger charge is -2.22. The van der Waals surface area contributed by atoms with Crippen molar-refractivity contribution >= 4 is 41.1 Å². The summed E-state index contributed by atoms with van der Waals surface area (Å²) in [5, 5.41) is 0. The van der Waals surface area contributed by atoms with Crippen molar-refractivity contribution in [2.45, 2.75) is 0 Å². The molecule has 1 aliphatic rings. The van der Waals surface area contributed by atoms with Crippen LogP contribution in [0.1, 0.15) is 22.3 Å². The number of carbonyl (C=O) groups is 1. The van der Waals surface area contributed by atoms with Crippen molar-refractivity contribution in [2.75, 3.05) is 4.90 Å². The Hall–Kier alpha value is -4.89. The maximum absolute atomic E-state index is 11.3. The van der Waals surface area contributed by atoms with E-state index in [1.165, 1.54) is 16.7 Å². The third-order valence-corrected chi connectivity index (χ3v) is 5.92. The molecule has 174 valence electrons. The first-order valence-electron chi connectivity index (χ1n) is 11.8. The number of esters is 1. The molecule has 3 heteroatoms. The van der Waals surface area contributed by atoms with E-state index in [1.807, 2.05) is 24.3 Å². The standard InChI is InChI=1S/C33H25NO2/c1-2-33(35)36-31-22-16-26(17-23-31)13-12-25-14-20-30(21-15-25)34(29-9-4-3-5-10-29)24-28-19-18-27-8-6-7-11-32(27)28/h2-24H,1H2/b13-12?,28-24-. The van der Waals surface area contributed by atoms with Gasteiger partial charge in [0.2, 0.25) is 0 Å². The second-order valence-corrected chi connectivity index (χ2v) is 8.33.